The third-order valence-corrected chi connectivity index (χ3v) is 5.84. The number of nitrogens with zero attached hydrogens (tertiary/aromatic N) is 2. The van der Waals surface area contributed by atoms with Crippen molar-refractivity contribution >= 4 is 23.9 Å². The lowest BCUT2D eigenvalue weighted by molar-refractivity contribution is -0.134. The lowest BCUT2D eigenvalue weighted by atomic mass is 10.0. The molecule has 4 N–H and O–H groups in total. The molecule has 0 atom stereocenters. The highest BCUT2D eigenvalue weighted by Crippen LogP contribution is 2.23. The Morgan fingerprint density at radius 2 is 1.03 bits per heavy atom. The highest BCUT2D eigenvalue weighted by atomic mass is 16.5. The minimum absolute atomic E-state index is 0.558. The molecule has 2 aliphatic heterocycles. The van der Waals surface area contributed by atoms with Gasteiger partial charge in [-0.1, -0.05) is 18.9 Å². The number of ether oxygens (including phenoxy) is 1. The fourth-order valence-electron chi connectivity index (χ4n) is 4.03. The molecule has 1 aromatic carbocycles. The Morgan fingerprint density at radius 1 is 0.658 bits per heavy atom. The molecule has 0 spiro atoms. The van der Waals surface area contributed by atoms with Crippen LogP contribution in [0.3, 0.4) is 0 Å². The third kappa shape index (κ3) is 15.4. The van der Waals surface area contributed by atoms with Gasteiger partial charge in [-0.05, 0) is 75.1 Å². The second-order valence-electron chi connectivity index (χ2n) is 8.83. The Bertz CT molecular complexity index is 897. The number of hydrogen-bond acceptors (Lipinski definition) is 7. The molecule has 11 nitrogen and oxygen atoms in total. The van der Waals surface area contributed by atoms with Crippen LogP contribution in [0.15, 0.2) is 42.5 Å². The van der Waals surface area contributed by atoms with Gasteiger partial charge in [0, 0.05) is 37.4 Å². The summed E-state index contributed by atoms with van der Waals surface area (Å²) in [6.07, 6.45) is 10.5. The van der Waals surface area contributed by atoms with Crippen LogP contribution in [0, 0.1) is 0 Å². The van der Waals surface area contributed by atoms with E-state index in [0.29, 0.717) is 24.3 Å². The summed E-state index contributed by atoms with van der Waals surface area (Å²) in [6.45, 7) is 7.21. The monoisotopic (exact) mass is 534 g/mol. The van der Waals surface area contributed by atoms with Gasteiger partial charge in [-0.15, -0.1) is 0 Å². The number of piperidine rings is 2. The highest BCUT2D eigenvalue weighted by Gasteiger charge is 2.16. The van der Waals surface area contributed by atoms with Gasteiger partial charge in [0.05, 0.1) is 7.11 Å². The van der Waals surface area contributed by atoms with Gasteiger partial charge in [-0.3, -0.25) is 9.80 Å². The minimum atomic E-state index is -1.26. The topological polar surface area (TPSA) is 165 Å². The number of likely N-dealkylation sites (tertiary alicyclic amines) is 2. The van der Waals surface area contributed by atoms with Gasteiger partial charge in [0.2, 0.25) is 0 Å². The number of rotatable bonds is 9. The molecule has 3 rings (SSSR count). The van der Waals surface area contributed by atoms with Crippen molar-refractivity contribution in [2.75, 3.05) is 33.3 Å². The number of benzene rings is 1. The van der Waals surface area contributed by atoms with Crippen LogP contribution in [0.2, 0.25) is 0 Å². The molecule has 2 saturated heterocycles. The first-order valence-corrected chi connectivity index (χ1v) is 12.5. The van der Waals surface area contributed by atoms with E-state index >= 15 is 0 Å². The van der Waals surface area contributed by atoms with Crippen molar-refractivity contribution in [1.82, 2.24) is 9.80 Å². The molecule has 0 unspecified atom stereocenters. The van der Waals surface area contributed by atoms with Crippen molar-refractivity contribution in [3.05, 3.63) is 53.6 Å². The van der Waals surface area contributed by atoms with Crippen molar-refractivity contribution in [3.8, 4) is 5.75 Å². The Kier molecular flexibility index (Phi) is 15.8. The summed E-state index contributed by atoms with van der Waals surface area (Å²) in [6, 6.07) is 6.67. The van der Waals surface area contributed by atoms with Crippen LogP contribution >= 0.6 is 0 Å². The molecule has 38 heavy (non-hydrogen) atoms. The molecule has 210 valence electrons. The van der Waals surface area contributed by atoms with Gasteiger partial charge in [-0.25, -0.2) is 19.2 Å². The van der Waals surface area contributed by atoms with Crippen LogP contribution in [0.5, 0.6) is 5.75 Å². The zero-order valence-electron chi connectivity index (χ0n) is 21.8. The fraction of sp³-hybridized carbons (Fsp3) is 0.481. The van der Waals surface area contributed by atoms with Crippen LogP contribution in [0.1, 0.15) is 49.7 Å². The smallest absolute Gasteiger partial charge is 0.328 e. The number of carboxylic acids is 4. The zero-order valence-corrected chi connectivity index (χ0v) is 21.8. The summed E-state index contributed by atoms with van der Waals surface area (Å²) in [5.41, 5.74) is 2.96. The molecule has 0 aliphatic carbocycles. The highest BCUT2D eigenvalue weighted by molar-refractivity contribution is 5.90. The second-order valence-corrected chi connectivity index (χ2v) is 8.83. The van der Waals surface area contributed by atoms with Crippen molar-refractivity contribution in [1.29, 1.82) is 0 Å². The van der Waals surface area contributed by atoms with Gasteiger partial charge < -0.3 is 25.2 Å². The molecule has 0 amide bonds. The van der Waals surface area contributed by atoms with Crippen molar-refractivity contribution in [2.45, 2.75) is 51.6 Å². The van der Waals surface area contributed by atoms with Crippen molar-refractivity contribution in [2.24, 2.45) is 0 Å². The maximum Gasteiger partial charge on any atom is 0.328 e. The Labute approximate surface area is 222 Å². The van der Waals surface area contributed by atoms with E-state index in [-0.39, 0.29) is 0 Å². The lowest BCUT2D eigenvalue weighted by Gasteiger charge is -2.30. The van der Waals surface area contributed by atoms with E-state index in [0.717, 1.165) is 18.8 Å². The number of hydrogen-bond donors (Lipinski definition) is 4. The van der Waals surface area contributed by atoms with Crippen LogP contribution < -0.4 is 4.74 Å². The van der Waals surface area contributed by atoms with E-state index in [1.165, 1.54) is 75.8 Å². The van der Waals surface area contributed by atoms with Gasteiger partial charge in [0.1, 0.15) is 5.75 Å². The average molecular weight is 535 g/mol. The van der Waals surface area contributed by atoms with E-state index in [9.17, 15) is 19.2 Å². The summed E-state index contributed by atoms with van der Waals surface area (Å²) >= 11 is 0. The summed E-state index contributed by atoms with van der Waals surface area (Å²) in [5, 5.41) is 31.2. The quantitative estimate of drug-likeness (QED) is 0.344. The molecule has 0 bridgehead atoms. The molecule has 0 saturated carbocycles. The predicted octanol–water partition coefficient (Wildman–Crippen LogP) is 3.09. The van der Waals surface area contributed by atoms with Gasteiger partial charge >= 0.3 is 23.9 Å². The zero-order chi connectivity index (χ0) is 28.3. The molecule has 1 aromatic rings. The summed E-state index contributed by atoms with van der Waals surface area (Å²) < 4.78 is 5.46. The Balaban J connectivity index is 0.000000374. The van der Waals surface area contributed by atoms with E-state index in [1.54, 1.807) is 7.11 Å². The second kappa shape index (κ2) is 18.5. The lowest BCUT2D eigenvalue weighted by Crippen LogP contribution is -2.31. The largest absolute Gasteiger partial charge is 0.497 e. The summed E-state index contributed by atoms with van der Waals surface area (Å²) in [4.78, 5) is 43.4. The van der Waals surface area contributed by atoms with Gasteiger partial charge in [-0.2, -0.15) is 0 Å². The van der Waals surface area contributed by atoms with Gasteiger partial charge in [0.15, 0.2) is 0 Å². The van der Waals surface area contributed by atoms with E-state index in [4.69, 9.17) is 25.2 Å². The minimum Gasteiger partial charge on any atom is -0.497 e. The first-order valence-electron chi connectivity index (χ1n) is 12.5. The number of aliphatic carboxylic acids is 4. The molecular formula is C27H38N2O9. The van der Waals surface area contributed by atoms with Crippen LogP contribution in [-0.2, 0) is 32.3 Å². The fourth-order valence-corrected chi connectivity index (χ4v) is 4.03. The third-order valence-electron chi connectivity index (χ3n) is 5.84. The van der Waals surface area contributed by atoms with Gasteiger partial charge in [0.25, 0.3) is 0 Å². The van der Waals surface area contributed by atoms with E-state index in [1.807, 2.05) is 0 Å². The van der Waals surface area contributed by atoms with Crippen LogP contribution in [0.25, 0.3) is 0 Å². The predicted molar refractivity (Wildman–Crippen MR) is 140 cm³/mol. The van der Waals surface area contributed by atoms with E-state index in [2.05, 4.69) is 28.0 Å². The molecule has 0 radical (unpaired) electrons. The molecule has 0 aromatic heterocycles. The normalized spacial score (nSPS) is 16.1. The van der Waals surface area contributed by atoms with E-state index < -0.39 is 23.9 Å². The Hall–Kier alpha value is -3.70. The summed E-state index contributed by atoms with van der Waals surface area (Å²) in [7, 11) is 1.77. The van der Waals surface area contributed by atoms with Crippen molar-refractivity contribution < 1.29 is 44.3 Å². The molecule has 2 fully saturated rings. The number of carboxylic acid groups (broad SMARTS) is 4. The molecule has 11 heteroatoms. The first kappa shape index (κ1) is 32.3. The van der Waals surface area contributed by atoms with Crippen LogP contribution in [-0.4, -0.2) is 87.4 Å². The molecule has 2 aliphatic rings. The summed E-state index contributed by atoms with van der Waals surface area (Å²) in [5.74, 6) is -4.03. The molecule has 2 heterocycles. The van der Waals surface area contributed by atoms with Crippen LogP contribution in [0.4, 0.5) is 0 Å². The SMILES string of the molecule is COc1ccc(CN2CCCCC2)c(CN2CCCCC2)c1.O=C(O)/C=C\C(=O)O.O=C(O)/C=C\C(=O)O. The standard InChI is InChI=1S/C19H30N2O.2C4H4O4/c1-22-19-9-8-17(15-20-10-4-2-5-11-20)18(14-19)16-21-12-6-3-7-13-21;2*5-3(6)1-2-4(7)8/h8-9,14H,2-7,10-13,15-16H2,1H3;2*1-2H,(H,5,6)(H,7,8)/b;2*2-1-. The average Bonchev–Trinajstić information content (AvgIpc) is 2.89. The Morgan fingerprint density at radius 3 is 1.37 bits per heavy atom. The molecular weight excluding hydrogens is 496 g/mol. The maximum absolute atomic E-state index is 9.55. The van der Waals surface area contributed by atoms with Crippen molar-refractivity contribution in [3.63, 3.8) is 0 Å². The maximum atomic E-state index is 9.55. The first-order chi connectivity index (χ1) is 18.1. The number of carbonyl (C=O) groups is 4. The number of methoxy groups -OCH3 is 1.